The minimum Gasteiger partial charge on any atom is -0.454 e. The summed E-state index contributed by atoms with van der Waals surface area (Å²) in [6.45, 7) is 0.683. The Morgan fingerprint density at radius 3 is 2.44 bits per heavy atom. The molecule has 0 saturated heterocycles. The van der Waals surface area contributed by atoms with Crippen molar-refractivity contribution in [3.8, 4) is 11.5 Å². The topological polar surface area (TPSA) is 108 Å². The summed E-state index contributed by atoms with van der Waals surface area (Å²) in [5, 5.41) is 8.08. The smallest absolute Gasteiger partial charge is 0.238 e. The molecule has 1 saturated carbocycles. The zero-order valence-electron chi connectivity index (χ0n) is 14.6. The highest BCUT2D eigenvalue weighted by molar-refractivity contribution is 7.89. The SMILES string of the molecule is NS(=O)(=O)c1ccc(CCNC(=O)C2(c3ccc4c(c3)OCO4)CC2)cc1. The van der Waals surface area contributed by atoms with Crippen molar-refractivity contribution in [2.24, 2.45) is 5.14 Å². The first-order valence-electron chi connectivity index (χ1n) is 8.69. The average molecular weight is 388 g/mol. The van der Waals surface area contributed by atoms with Crippen molar-refractivity contribution in [2.75, 3.05) is 13.3 Å². The van der Waals surface area contributed by atoms with Gasteiger partial charge in [0.15, 0.2) is 11.5 Å². The lowest BCUT2D eigenvalue weighted by Gasteiger charge is -2.16. The van der Waals surface area contributed by atoms with Crippen LogP contribution in [0.2, 0.25) is 0 Å². The third-order valence-corrected chi connectivity index (χ3v) is 5.99. The van der Waals surface area contributed by atoms with Gasteiger partial charge < -0.3 is 14.8 Å². The molecule has 7 nitrogen and oxygen atoms in total. The standard InChI is InChI=1S/C19H20N2O5S/c20-27(23,24)15-4-1-13(2-5-15)7-10-21-18(22)19(8-9-19)14-3-6-16-17(11-14)26-12-25-16/h1-6,11H,7-10,12H2,(H,21,22)(H2,20,23,24). The van der Waals surface area contributed by atoms with Crippen molar-refractivity contribution < 1.29 is 22.7 Å². The average Bonchev–Trinajstić information content (AvgIpc) is 3.32. The third kappa shape index (κ3) is 3.50. The van der Waals surface area contributed by atoms with Crippen molar-refractivity contribution in [3.63, 3.8) is 0 Å². The van der Waals surface area contributed by atoms with Crippen LogP contribution in [0.1, 0.15) is 24.0 Å². The van der Waals surface area contributed by atoms with Crippen LogP contribution in [0.3, 0.4) is 0 Å². The molecule has 8 heteroatoms. The lowest BCUT2D eigenvalue weighted by molar-refractivity contribution is -0.123. The summed E-state index contributed by atoms with van der Waals surface area (Å²) in [6, 6.07) is 12.0. The Hall–Kier alpha value is -2.58. The molecule has 1 aliphatic carbocycles. The highest BCUT2D eigenvalue weighted by atomic mass is 32.2. The van der Waals surface area contributed by atoms with Crippen LogP contribution in [-0.2, 0) is 26.7 Å². The molecule has 1 heterocycles. The number of ether oxygens (including phenoxy) is 2. The van der Waals surface area contributed by atoms with Crippen LogP contribution in [0, 0.1) is 0 Å². The first-order chi connectivity index (χ1) is 12.9. The van der Waals surface area contributed by atoms with Gasteiger partial charge in [0.25, 0.3) is 0 Å². The number of fused-ring (bicyclic) bond motifs is 1. The summed E-state index contributed by atoms with van der Waals surface area (Å²) in [4.78, 5) is 12.8. The first kappa shape index (κ1) is 17.8. The third-order valence-electron chi connectivity index (χ3n) is 5.06. The maximum atomic E-state index is 12.7. The molecule has 0 atom stereocenters. The van der Waals surface area contributed by atoms with Gasteiger partial charge in [-0.15, -0.1) is 0 Å². The van der Waals surface area contributed by atoms with E-state index in [-0.39, 0.29) is 17.6 Å². The summed E-state index contributed by atoms with van der Waals surface area (Å²) >= 11 is 0. The van der Waals surface area contributed by atoms with E-state index >= 15 is 0 Å². The van der Waals surface area contributed by atoms with Gasteiger partial charge in [-0.2, -0.15) is 0 Å². The Kier molecular flexibility index (Phi) is 4.32. The fourth-order valence-electron chi connectivity index (χ4n) is 3.30. The maximum absolute atomic E-state index is 12.7. The van der Waals surface area contributed by atoms with E-state index in [2.05, 4.69) is 5.32 Å². The lowest BCUT2D eigenvalue weighted by Crippen LogP contribution is -2.35. The second kappa shape index (κ2) is 6.54. The van der Waals surface area contributed by atoms with Crippen LogP contribution in [0.5, 0.6) is 11.5 Å². The largest absolute Gasteiger partial charge is 0.454 e. The van der Waals surface area contributed by atoms with Gasteiger partial charge in [-0.3, -0.25) is 4.79 Å². The Morgan fingerprint density at radius 1 is 1.07 bits per heavy atom. The quantitative estimate of drug-likeness (QED) is 0.779. The zero-order valence-corrected chi connectivity index (χ0v) is 15.4. The molecule has 0 bridgehead atoms. The first-order valence-corrected chi connectivity index (χ1v) is 10.2. The Labute approximate surface area is 157 Å². The second-order valence-corrected chi connectivity index (χ2v) is 8.41. The van der Waals surface area contributed by atoms with E-state index in [1.54, 1.807) is 12.1 Å². The molecular weight excluding hydrogens is 368 g/mol. The normalized spacial score (nSPS) is 16.8. The molecule has 1 aliphatic heterocycles. The van der Waals surface area contributed by atoms with Crippen molar-refractivity contribution in [3.05, 3.63) is 53.6 Å². The van der Waals surface area contributed by atoms with E-state index in [1.807, 2.05) is 18.2 Å². The summed E-state index contributed by atoms with van der Waals surface area (Å²) in [6.07, 6.45) is 2.22. The van der Waals surface area contributed by atoms with E-state index in [4.69, 9.17) is 14.6 Å². The van der Waals surface area contributed by atoms with Crippen LogP contribution in [0.25, 0.3) is 0 Å². The van der Waals surface area contributed by atoms with Crippen molar-refractivity contribution in [1.82, 2.24) is 5.32 Å². The fraction of sp³-hybridized carbons (Fsp3) is 0.316. The van der Waals surface area contributed by atoms with E-state index in [1.165, 1.54) is 12.1 Å². The van der Waals surface area contributed by atoms with E-state index in [0.29, 0.717) is 24.5 Å². The molecule has 0 spiro atoms. The molecule has 1 amide bonds. The van der Waals surface area contributed by atoms with Crippen LogP contribution in [-0.4, -0.2) is 27.7 Å². The number of amides is 1. The second-order valence-electron chi connectivity index (χ2n) is 6.85. The number of sulfonamides is 1. The van der Waals surface area contributed by atoms with Crippen molar-refractivity contribution >= 4 is 15.9 Å². The molecule has 2 aromatic carbocycles. The van der Waals surface area contributed by atoms with Gasteiger partial charge >= 0.3 is 0 Å². The highest BCUT2D eigenvalue weighted by Crippen LogP contribution is 2.50. The number of nitrogens with two attached hydrogens (primary N) is 1. The molecule has 2 aliphatic rings. The summed E-state index contributed by atoms with van der Waals surface area (Å²) in [5.41, 5.74) is 1.38. The van der Waals surface area contributed by atoms with Crippen LogP contribution < -0.4 is 19.9 Å². The van der Waals surface area contributed by atoms with Crippen LogP contribution in [0.4, 0.5) is 0 Å². The molecule has 27 heavy (non-hydrogen) atoms. The number of hydrogen-bond donors (Lipinski definition) is 2. The Morgan fingerprint density at radius 2 is 1.78 bits per heavy atom. The Balaban J connectivity index is 1.37. The predicted octanol–water partition coefficient (Wildman–Crippen LogP) is 1.45. The number of rotatable bonds is 6. The molecule has 4 rings (SSSR count). The minimum atomic E-state index is -3.69. The predicted molar refractivity (Wildman–Crippen MR) is 98.0 cm³/mol. The highest BCUT2D eigenvalue weighted by Gasteiger charge is 2.51. The lowest BCUT2D eigenvalue weighted by atomic mass is 9.94. The van der Waals surface area contributed by atoms with Crippen molar-refractivity contribution in [2.45, 2.75) is 29.6 Å². The number of nitrogens with one attached hydrogen (secondary N) is 1. The molecule has 0 radical (unpaired) electrons. The van der Waals surface area contributed by atoms with E-state index in [9.17, 15) is 13.2 Å². The van der Waals surface area contributed by atoms with Gasteiger partial charge in [-0.05, 0) is 54.7 Å². The monoisotopic (exact) mass is 388 g/mol. The van der Waals surface area contributed by atoms with Gasteiger partial charge in [-0.1, -0.05) is 18.2 Å². The van der Waals surface area contributed by atoms with Crippen molar-refractivity contribution in [1.29, 1.82) is 0 Å². The van der Waals surface area contributed by atoms with Gasteiger partial charge in [-0.25, -0.2) is 13.6 Å². The number of hydrogen-bond acceptors (Lipinski definition) is 5. The number of benzene rings is 2. The summed E-state index contributed by atoms with van der Waals surface area (Å²) < 4.78 is 33.3. The van der Waals surface area contributed by atoms with E-state index in [0.717, 1.165) is 24.0 Å². The number of carbonyl (C=O) groups is 1. The molecule has 2 aromatic rings. The van der Waals surface area contributed by atoms with Gasteiger partial charge in [0.1, 0.15) is 0 Å². The molecule has 142 valence electrons. The summed E-state index contributed by atoms with van der Waals surface area (Å²) in [7, 11) is -3.69. The molecule has 3 N–H and O–H groups in total. The fourth-order valence-corrected chi connectivity index (χ4v) is 3.82. The molecule has 1 fully saturated rings. The summed E-state index contributed by atoms with van der Waals surface area (Å²) in [5.74, 6) is 1.39. The zero-order chi connectivity index (χ0) is 19.1. The van der Waals surface area contributed by atoms with Crippen LogP contribution in [0.15, 0.2) is 47.4 Å². The molecular formula is C19H20N2O5S. The van der Waals surface area contributed by atoms with E-state index < -0.39 is 15.4 Å². The molecule has 0 aromatic heterocycles. The van der Waals surface area contributed by atoms with Gasteiger partial charge in [0.05, 0.1) is 10.3 Å². The Bertz CT molecular complexity index is 982. The van der Waals surface area contributed by atoms with Crippen LogP contribution >= 0.6 is 0 Å². The number of primary sulfonamides is 1. The van der Waals surface area contributed by atoms with Gasteiger partial charge in [0, 0.05) is 6.54 Å². The molecule has 0 unspecified atom stereocenters. The number of carbonyl (C=O) groups excluding carboxylic acids is 1. The minimum absolute atomic E-state index is 0.00233. The maximum Gasteiger partial charge on any atom is 0.238 e. The van der Waals surface area contributed by atoms with Gasteiger partial charge in [0.2, 0.25) is 22.7 Å².